The van der Waals surface area contributed by atoms with Crippen molar-refractivity contribution in [2.45, 2.75) is 6.10 Å². The number of hydrogen-bond donors (Lipinski definition) is 1. The highest BCUT2D eigenvalue weighted by molar-refractivity contribution is 5.95. The lowest BCUT2D eigenvalue weighted by molar-refractivity contribution is -0.125. The average Bonchev–Trinajstić information content (AvgIpc) is 2.89. The molecule has 1 aromatic rings. The lowest BCUT2D eigenvalue weighted by atomic mass is 10.2. The molecular weight excluding hydrogens is 310 g/mol. The van der Waals surface area contributed by atoms with Crippen molar-refractivity contribution in [2.24, 2.45) is 5.73 Å². The number of halogens is 1. The molecule has 0 bridgehead atoms. The van der Waals surface area contributed by atoms with Gasteiger partial charge < -0.3 is 20.1 Å². The third-order valence-electron chi connectivity index (χ3n) is 3.60. The van der Waals surface area contributed by atoms with Gasteiger partial charge in [0.1, 0.15) is 12.7 Å². The summed E-state index contributed by atoms with van der Waals surface area (Å²) in [4.78, 5) is 26.7. The third kappa shape index (κ3) is 3.16. The van der Waals surface area contributed by atoms with Crippen molar-refractivity contribution in [1.29, 1.82) is 0 Å². The van der Waals surface area contributed by atoms with Crippen LogP contribution in [0.4, 0.5) is 16.2 Å². The van der Waals surface area contributed by atoms with E-state index in [1.54, 1.807) is 21.9 Å². The second-order valence-corrected chi connectivity index (χ2v) is 4.97. The van der Waals surface area contributed by atoms with Crippen molar-refractivity contribution in [1.82, 2.24) is 0 Å². The van der Waals surface area contributed by atoms with E-state index in [-0.39, 0.29) is 37.1 Å². The van der Waals surface area contributed by atoms with Gasteiger partial charge in [0.05, 0.1) is 13.2 Å². The fourth-order valence-electron chi connectivity index (χ4n) is 2.46. The predicted molar refractivity (Wildman–Crippen MR) is 83.5 cm³/mol. The van der Waals surface area contributed by atoms with Crippen molar-refractivity contribution in [3.63, 3.8) is 0 Å². The van der Waals surface area contributed by atoms with Crippen molar-refractivity contribution in [2.75, 3.05) is 42.6 Å². The summed E-state index contributed by atoms with van der Waals surface area (Å²) in [6.45, 7) is 1.94. The normalized spacial score (nSPS) is 21.6. The van der Waals surface area contributed by atoms with E-state index in [1.165, 1.54) is 0 Å². The molecule has 8 heteroatoms. The molecule has 2 heterocycles. The lowest BCUT2D eigenvalue weighted by Gasteiger charge is -2.27. The van der Waals surface area contributed by atoms with Crippen LogP contribution in [0.3, 0.4) is 0 Å². The van der Waals surface area contributed by atoms with Crippen LogP contribution in [0.5, 0.6) is 0 Å². The van der Waals surface area contributed by atoms with Crippen molar-refractivity contribution < 1.29 is 19.1 Å². The van der Waals surface area contributed by atoms with Crippen LogP contribution in [-0.4, -0.2) is 51.0 Å². The molecule has 1 atom stereocenters. The Morgan fingerprint density at radius 1 is 1.14 bits per heavy atom. The summed E-state index contributed by atoms with van der Waals surface area (Å²) in [6.07, 6.45) is -0.654. The van der Waals surface area contributed by atoms with E-state index in [2.05, 4.69) is 0 Å². The predicted octanol–water partition coefficient (Wildman–Crippen LogP) is 0.755. The first-order chi connectivity index (χ1) is 10.2. The number of rotatable bonds is 3. The summed E-state index contributed by atoms with van der Waals surface area (Å²) in [5, 5.41) is 0. The minimum absolute atomic E-state index is 0. The van der Waals surface area contributed by atoms with Gasteiger partial charge in [-0.05, 0) is 24.3 Å². The molecule has 0 aliphatic carbocycles. The molecule has 2 aliphatic rings. The molecule has 120 valence electrons. The fraction of sp³-hybridized carbons (Fsp3) is 0.429. The van der Waals surface area contributed by atoms with E-state index in [4.69, 9.17) is 15.2 Å². The molecule has 0 saturated carbocycles. The van der Waals surface area contributed by atoms with Crippen LogP contribution in [0, 0.1) is 0 Å². The molecule has 2 fully saturated rings. The monoisotopic (exact) mass is 327 g/mol. The van der Waals surface area contributed by atoms with Gasteiger partial charge in [0, 0.05) is 24.5 Å². The highest BCUT2D eigenvalue weighted by atomic mass is 35.5. The van der Waals surface area contributed by atoms with E-state index >= 15 is 0 Å². The van der Waals surface area contributed by atoms with E-state index in [1.807, 2.05) is 12.1 Å². The van der Waals surface area contributed by atoms with E-state index in [0.717, 1.165) is 11.4 Å². The van der Waals surface area contributed by atoms with Crippen molar-refractivity contribution in [3.8, 4) is 0 Å². The van der Waals surface area contributed by atoms with Gasteiger partial charge in [-0.25, -0.2) is 4.79 Å². The van der Waals surface area contributed by atoms with Gasteiger partial charge in [-0.1, -0.05) is 0 Å². The molecule has 3 rings (SSSR count). The first-order valence-corrected chi connectivity index (χ1v) is 6.85. The van der Waals surface area contributed by atoms with Crippen LogP contribution >= 0.6 is 12.4 Å². The Hall–Kier alpha value is -1.83. The number of carbonyl (C=O) groups excluding carboxylic acids is 2. The van der Waals surface area contributed by atoms with Crippen LogP contribution < -0.4 is 15.5 Å². The summed E-state index contributed by atoms with van der Waals surface area (Å²) >= 11 is 0. The number of amides is 2. The maximum Gasteiger partial charge on any atom is 0.414 e. The van der Waals surface area contributed by atoms with Gasteiger partial charge in [-0.15, -0.1) is 12.4 Å². The molecule has 0 spiro atoms. The standard InChI is InChI=1S/C14H17N3O4.ClH/c15-7-12-8-17(14(19)21-12)11-3-1-10(2-4-11)16-5-6-20-9-13(16)18;/h1-4,12H,5-9,15H2;1H/t12-;/m1./s1. The summed E-state index contributed by atoms with van der Waals surface area (Å²) in [7, 11) is 0. The summed E-state index contributed by atoms with van der Waals surface area (Å²) < 4.78 is 10.2. The lowest BCUT2D eigenvalue weighted by Crippen LogP contribution is -2.41. The molecule has 2 aliphatic heterocycles. The summed E-state index contributed by atoms with van der Waals surface area (Å²) in [5.74, 6) is -0.0576. The summed E-state index contributed by atoms with van der Waals surface area (Å²) in [5.41, 5.74) is 7.05. The Morgan fingerprint density at radius 2 is 1.77 bits per heavy atom. The molecule has 0 aromatic heterocycles. The summed E-state index contributed by atoms with van der Waals surface area (Å²) in [6, 6.07) is 7.25. The topological polar surface area (TPSA) is 85.1 Å². The molecule has 1 aromatic carbocycles. The van der Waals surface area contributed by atoms with Crippen LogP contribution in [0.25, 0.3) is 0 Å². The van der Waals surface area contributed by atoms with Gasteiger partial charge in [0.25, 0.3) is 5.91 Å². The van der Waals surface area contributed by atoms with Gasteiger partial charge in [0.15, 0.2) is 0 Å². The minimum atomic E-state index is -0.388. The Bertz CT molecular complexity index is 552. The SMILES string of the molecule is Cl.NC[C@@H]1CN(c2ccc(N3CCOCC3=O)cc2)C(=O)O1. The highest BCUT2D eigenvalue weighted by Gasteiger charge is 2.31. The van der Waals surface area contributed by atoms with E-state index < -0.39 is 0 Å². The van der Waals surface area contributed by atoms with E-state index in [0.29, 0.717) is 26.2 Å². The second kappa shape index (κ2) is 6.95. The Labute approximate surface area is 134 Å². The quantitative estimate of drug-likeness (QED) is 0.885. The second-order valence-electron chi connectivity index (χ2n) is 4.97. The average molecular weight is 328 g/mol. The Balaban J connectivity index is 0.00000176. The smallest absolute Gasteiger partial charge is 0.414 e. The van der Waals surface area contributed by atoms with E-state index in [9.17, 15) is 9.59 Å². The molecule has 0 radical (unpaired) electrons. The van der Waals surface area contributed by atoms with Gasteiger partial charge in [-0.3, -0.25) is 9.69 Å². The number of nitrogens with zero attached hydrogens (tertiary/aromatic N) is 2. The van der Waals surface area contributed by atoms with Crippen molar-refractivity contribution in [3.05, 3.63) is 24.3 Å². The van der Waals surface area contributed by atoms with Gasteiger partial charge in [0.2, 0.25) is 0 Å². The molecule has 0 unspecified atom stereocenters. The zero-order chi connectivity index (χ0) is 14.8. The Kier molecular flexibility index (Phi) is 5.23. The van der Waals surface area contributed by atoms with Crippen LogP contribution in [0.2, 0.25) is 0 Å². The fourth-order valence-corrected chi connectivity index (χ4v) is 2.46. The number of hydrogen-bond acceptors (Lipinski definition) is 5. The number of morpholine rings is 1. The number of anilines is 2. The molecule has 22 heavy (non-hydrogen) atoms. The molecule has 7 nitrogen and oxygen atoms in total. The third-order valence-corrected chi connectivity index (χ3v) is 3.60. The molecule has 2 N–H and O–H groups in total. The van der Waals surface area contributed by atoms with Crippen LogP contribution in [-0.2, 0) is 14.3 Å². The van der Waals surface area contributed by atoms with Gasteiger partial charge in [-0.2, -0.15) is 0 Å². The van der Waals surface area contributed by atoms with Gasteiger partial charge >= 0.3 is 6.09 Å². The number of cyclic esters (lactones) is 1. The number of ether oxygens (including phenoxy) is 2. The maximum absolute atomic E-state index is 11.8. The largest absolute Gasteiger partial charge is 0.443 e. The van der Waals surface area contributed by atoms with Crippen molar-refractivity contribution >= 4 is 35.8 Å². The maximum atomic E-state index is 11.8. The number of nitrogens with two attached hydrogens (primary N) is 1. The first kappa shape index (κ1) is 16.5. The van der Waals surface area contributed by atoms with Crippen LogP contribution in [0.1, 0.15) is 0 Å². The molecule has 2 saturated heterocycles. The molecule has 2 amide bonds. The zero-order valence-electron chi connectivity index (χ0n) is 11.9. The first-order valence-electron chi connectivity index (χ1n) is 6.85. The Morgan fingerprint density at radius 3 is 2.32 bits per heavy atom. The minimum Gasteiger partial charge on any atom is -0.443 e. The number of benzene rings is 1. The van der Waals surface area contributed by atoms with Crippen LogP contribution in [0.15, 0.2) is 24.3 Å². The molecular formula is C14H18ClN3O4. The highest BCUT2D eigenvalue weighted by Crippen LogP contribution is 2.25. The number of carbonyl (C=O) groups is 2. The zero-order valence-corrected chi connectivity index (χ0v) is 12.8.